The number of carbonyl (C=O) groups excluding carboxylic acids is 1. The Morgan fingerprint density at radius 3 is 1.16 bits per heavy atom. The summed E-state index contributed by atoms with van der Waals surface area (Å²) in [5.74, 6) is -0.266. The van der Waals surface area contributed by atoms with Gasteiger partial charge in [-0.3, -0.25) is 4.79 Å². The molecule has 0 bridgehead atoms. The van der Waals surface area contributed by atoms with Gasteiger partial charge in [0.25, 0.3) is 0 Å². The molecule has 3 aliphatic heterocycles. The second kappa shape index (κ2) is 54.5. The van der Waals surface area contributed by atoms with Crippen molar-refractivity contribution in [2.45, 2.75) is 324 Å². The van der Waals surface area contributed by atoms with Crippen LogP contribution in [0.3, 0.4) is 0 Å². The van der Waals surface area contributed by atoms with Gasteiger partial charge in [-0.25, -0.2) is 0 Å². The Kier molecular flexibility index (Phi) is 49.0. The van der Waals surface area contributed by atoms with Crippen molar-refractivity contribution in [1.82, 2.24) is 5.32 Å². The molecule has 0 aromatic heterocycles. The van der Waals surface area contributed by atoms with Gasteiger partial charge in [-0.2, -0.15) is 0 Å². The Balaban J connectivity index is 1.40. The van der Waals surface area contributed by atoms with Crippen LogP contribution in [0.1, 0.15) is 219 Å². The third-order valence-corrected chi connectivity index (χ3v) is 17.1. The van der Waals surface area contributed by atoms with Gasteiger partial charge in [-0.15, -0.1) is 0 Å². The Morgan fingerprint density at radius 2 is 0.742 bits per heavy atom. The zero-order valence-electron chi connectivity index (χ0n) is 56.4. The van der Waals surface area contributed by atoms with Crippen molar-refractivity contribution < 1.29 is 89.4 Å². The number of rotatable bonds is 53. The second-order valence-electron chi connectivity index (χ2n) is 25.0. The number of hydrogen-bond acceptors (Lipinski definition) is 18. The lowest BCUT2D eigenvalue weighted by Crippen LogP contribution is -2.66. The van der Waals surface area contributed by atoms with Gasteiger partial charge in [0, 0.05) is 6.42 Å². The van der Waals surface area contributed by atoms with Crippen LogP contribution in [0, 0.1) is 0 Å². The maximum Gasteiger partial charge on any atom is 0.220 e. The summed E-state index contributed by atoms with van der Waals surface area (Å²) in [6.07, 6.45) is 45.9. The molecular formula is C74H125NO18. The fourth-order valence-electron chi connectivity index (χ4n) is 11.4. The first-order valence-corrected chi connectivity index (χ1v) is 35.6. The number of aliphatic hydroxyl groups is 11. The van der Waals surface area contributed by atoms with Crippen LogP contribution in [0.15, 0.2) is 109 Å². The topological polar surface area (TPSA) is 307 Å². The highest BCUT2D eigenvalue weighted by Gasteiger charge is 2.53. The predicted octanol–water partition coefficient (Wildman–Crippen LogP) is 9.83. The zero-order valence-corrected chi connectivity index (χ0v) is 56.4. The third-order valence-electron chi connectivity index (χ3n) is 17.1. The summed E-state index contributed by atoms with van der Waals surface area (Å²) >= 11 is 0. The molecule has 1 amide bonds. The summed E-state index contributed by atoms with van der Waals surface area (Å²) in [7, 11) is 0. The Labute approximate surface area is 557 Å². The van der Waals surface area contributed by atoms with E-state index in [4.69, 9.17) is 28.4 Å². The Hall–Kier alpha value is -3.55. The molecule has 19 nitrogen and oxygen atoms in total. The fraction of sp³-hybridized carbons (Fsp3) is 0.743. The highest BCUT2D eigenvalue weighted by atomic mass is 16.8. The highest BCUT2D eigenvalue weighted by Crippen LogP contribution is 2.33. The van der Waals surface area contributed by atoms with Gasteiger partial charge in [0.05, 0.1) is 38.6 Å². The number of nitrogens with one attached hydrogen (secondary N) is 1. The number of aliphatic hydroxyl groups excluding tert-OH is 11. The van der Waals surface area contributed by atoms with Crippen LogP contribution < -0.4 is 5.32 Å². The minimum absolute atomic E-state index is 0.237. The van der Waals surface area contributed by atoms with E-state index in [-0.39, 0.29) is 18.9 Å². The molecule has 17 atom stereocenters. The van der Waals surface area contributed by atoms with Gasteiger partial charge >= 0.3 is 0 Å². The first-order chi connectivity index (χ1) is 45.3. The molecule has 3 saturated heterocycles. The molecule has 93 heavy (non-hydrogen) atoms. The molecule has 19 heteroatoms. The monoisotopic (exact) mass is 1320 g/mol. The van der Waals surface area contributed by atoms with Crippen LogP contribution in [0.2, 0.25) is 0 Å². The smallest absolute Gasteiger partial charge is 0.220 e. The lowest BCUT2D eigenvalue weighted by atomic mass is 9.96. The molecule has 3 fully saturated rings. The minimum atomic E-state index is -1.98. The number of carbonyl (C=O) groups is 1. The van der Waals surface area contributed by atoms with Crippen LogP contribution in [-0.4, -0.2) is 193 Å². The van der Waals surface area contributed by atoms with E-state index in [0.717, 1.165) is 116 Å². The average Bonchev–Trinajstić information content (AvgIpc) is 0.902. The van der Waals surface area contributed by atoms with Crippen LogP contribution >= 0.6 is 0 Å². The number of ether oxygens (including phenoxy) is 6. The van der Waals surface area contributed by atoms with E-state index in [1.807, 2.05) is 0 Å². The summed E-state index contributed by atoms with van der Waals surface area (Å²) in [6, 6.07) is -0.906. The molecule has 3 heterocycles. The van der Waals surface area contributed by atoms with Gasteiger partial charge in [0.1, 0.15) is 73.2 Å². The second-order valence-corrected chi connectivity index (χ2v) is 25.0. The first kappa shape index (κ1) is 83.7. The number of unbranched alkanes of at least 4 members (excludes halogenated alkanes) is 19. The van der Waals surface area contributed by atoms with E-state index in [1.54, 1.807) is 0 Å². The summed E-state index contributed by atoms with van der Waals surface area (Å²) in [5.41, 5.74) is 0. The third kappa shape index (κ3) is 36.0. The van der Waals surface area contributed by atoms with E-state index in [1.165, 1.54) is 70.6 Å². The van der Waals surface area contributed by atoms with Crippen molar-refractivity contribution in [2.24, 2.45) is 0 Å². The van der Waals surface area contributed by atoms with E-state index in [2.05, 4.69) is 129 Å². The van der Waals surface area contributed by atoms with Gasteiger partial charge < -0.3 is 89.9 Å². The first-order valence-electron chi connectivity index (χ1n) is 35.6. The molecule has 534 valence electrons. The van der Waals surface area contributed by atoms with Crippen molar-refractivity contribution >= 4 is 5.91 Å². The molecule has 17 unspecified atom stereocenters. The summed E-state index contributed by atoms with van der Waals surface area (Å²) in [4.78, 5) is 13.4. The molecule has 0 aliphatic carbocycles. The largest absolute Gasteiger partial charge is 0.394 e. The molecule has 0 radical (unpaired) electrons. The van der Waals surface area contributed by atoms with Gasteiger partial charge in [0.15, 0.2) is 18.9 Å². The molecule has 3 aliphatic rings. The average molecular weight is 1320 g/mol. The molecular weight excluding hydrogens is 1190 g/mol. The minimum Gasteiger partial charge on any atom is -0.394 e. The van der Waals surface area contributed by atoms with Gasteiger partial charge in [-0.05, 0) is 83.5 Å². The number of allylic oxidation sites excluding steroid dienone is 18. The highest BCUT2D eigenvalue weighted by molar-refractivity contribution is 5.76. The Bertz CT molecular complexity index is 2110. The van der Waals surface area contributed by atoms with Crippen molar-refractivity contribution in [3.8, 4) is 0 Å². The summed E-state index contributed by atoms with van der Waals surface area (Å²) in [5, 5.41) is 121. The van der Waals surface area contributed by atoms with E-state index < -0.39 is 124 Å². The standard InChI is InChI=1S/C74H125NO18/c1-3-5-7-9-11-13-15-17-19-20-21-22-23-24-25-26-27-28-29-30-31-32-33-34-35-36-38-40-42-44-46-48-50-52-62(80)75-57(58(79)51-49-47-45-43-41-39-37-18-16-14-12-10-8-6-4-2)56-88-72-68(86)65(83)70(60(54-77)90-72)93-74-69(87)66(84)71(61(55-78)91-74)92-73-67(85)64(82)63(81)59(53-76)89-73/h5,7,11,13,17,19,21-22,24-25,27-28,30-31,33-34,36,38,57-61,63-74,76-79,81-87H,3-4,6,8-10,12,14-16,18,20,23,26,29,32,35,37,39-56H2,1-2H3,(H,75,80)/b7-5-,13-11-,19-17-,22-21-,25-24-,28-27-,31-30-,34-33-,38-36-. The Morgan fingerprint density at radius 1 is 0.398 bits per heavy atom. The fourth-order valence-corrected chi connectivity index (χ4v) is 11.4. The summed E-state index contributed by atoms with van der Waals surface area (Å²) in [6.45, 7) is 1.65. The number of amides is 1. The van der Waals surface area contributed by atoms with Crippen molar-refractivity contribution in [3.05, 3.63) is 109 Å². The molecule has 0 aromatic carbocycles. The van der Waals surface area contributed by atoms with Crippen LogP contribution in [0.4, 0.5) is 0 Å². The molecule has 0 spiro atoms. The van der Waals surface area contributed by atoms with Crippen molar-refractivity contribution in [3.63, 3.8) is 0 Å². The van der Waals surface area contributed by atoms with Gasteiger partial charge in [-0.1, -0.05) is 239 Å². The maximum atomic E-state index is 13.4. The summed E-state index contributed by atoms with van der Waals surface area (Å²) < 4.78 is 34.4. The van der Waals surface area contributed by atoms with Crippen molar-refractivity contribution in [2.75, 3.05) is 26.4 Å². The van der Waals surface area contributed by atoms with E-state index in [9.17, 15) is 61.0 Å². The lowest BCUT2D eigenvalue weighted by molar-refractivity contribution is -0.379. The normalized spacial score (nSPS) is 28.2. The molecule has 12 N–H and O–H groups in total. The quantitative estimate of drug-likeness (QED) is 0.0199. The van der Waals surface area contributed by atoms with Gasteiger partial charge in [0.2, 0.25) is 5.91 Å². The number of hydrogen-bond donors (Lipinski definition) is 12. The lowest BCUT2D eigenvalue weighted by Gasteiger charge is -2.48. The zero-order chi connectivity index (χ0) is 67.5. The van der Waals surface area contributed by atoms with E-state index >= 15 is 0 Å². The molecule has 3 rings (SSSR count). The van der Waals surface area contributed by atoms with Crippen molar-refractivity contribution in [1.29, 1.82) is 0 Å². The maximum absolute atomic E-state index is 13.4. The SMILES string of the molecule is CC/C=C\C/C=C\C/C=C\C/C=C\C/C=C\C/C=C\C/C=C\C/C=C\C/C=C\CCCCCCCC(=O)NC(COC1OC(CO)C(OC2OC(CO)C(OC3OC(CO)C(O)C(O)C3O)C(O)C2O)C(O)C1O)C(O)CCCCCCCCCCCCCCCCC. The predicted molar refractivity (Wildman–Crippen MR) is 364 cm³/mol. The van der Waals surface area contributed by atoms with Crippen LogP contribution in [0.5, 0.6) is 0 Å². The van der Waals surface area contributed by atoms with Crippen LogP contribution in [0.25, 0.3) is 0 Å². The van der Waals surface area contributed by atoms with E-state index in [0.29, 0.717) is 12.8 Å². The molecule has 0 aromatic rings. The van der Waals surface area contributed by atoms with Crippen LogP contribution in [-0.2, 0) is 33.2 Å². The molecule has 0 saturated carbocycles.